The van der Waals surface area contributed by atoms with Crippen LogP contribution in [0.15, 0.2) is 72.9 Å². The van der Waals surface area contributed by atoms with E-state index in [0.29, 0.717) is 0 Å². The first kappa shape index (κ1) is 14.8. The number of nitrogens with zero attached hydrogens (tertiary/aromatic N) is 1. The molecule has 3 heteroatoms. The van der Waals surface area contributed by atoms with Crippen LogP contribution in [0.1, 0.15) is 0 Å². The maximum absolute atomic E-state index is 5.16. The summed E-state index contributed by atoms with van der Waals surface area (Å²) in [5.41, 5.74) is 4.46. The topological polar surface area (TPSA) is 57.1 Å². The van der Waals surface area contributed by atoms with Gasteiger partial charge in [-0.15, -0.1) is 0 Å². The number of aromatic nitrogens is 1. The SMILES string of the molecule is COc1ccc(-c2ccccc2-c2ccccc2)nc1.N. The molecule has 0 radical (unpaired) electrons. The van der Waals surface area contributed by atoms with Crippen molar-refractivity contribution < 1.29 is 4.74 Å². The first-order valence-electron chi connectivity index (χ1n) is 6.53. The zero-order chi connectivity index (χ0) is 13.8. The molecule has 3 aromatic rings. The van der Waals surface area contributed by atoms with Crippen LogP contribution >= 0.6 is 0 Å². The predicted molar refractivity (Wildman–Crippen MR) is 86.7 cm³/mol. The van der Waals surface area contributed by atoms with E-state index in [1.165, 1.54) is 11.1 Å². The first-order valence-corrected chi connectivity index (χ1v) is 6.53. The highest BCUT2D eigenvalue weighted by molar-refractivity contribution is 5.81. The maximum atomic E-state index is 5.16. The van der Waals surface area contributed by atoms with Crippen molar-refractivity contribution in [3.05, 3.63) is 72.9 Å². The molecule has 1 heterocycles. The second-order valence-corrected chi connectivity index (χ2v) is 4.49. The summed E-state index contributed by atoms with van der Waals surface area (Å²) in [6.07, 6.45) is 1.75. The van der Waals surface area contributed by atoms with Crippen molar-refractivity contribution in [1.29, 1.82) is 0 Å². The number of hydrogen-bond donors (Lipinski definition) is 1. The standard InChI is InChI=1S/C18H15NO.H3N/c1-20-15-11-12-18(19-13-15)17-10-6-5-9-16(17)14-7-3-2-4-8-14;/h2-13H,1H3;1H3. The molecule has 3 N–H and O–H groups in total. The Balaban J connectivity index is 0.00000161. The molecule has 0 aliphatic carbocycles. The van der Waals surface area contributed by atoms with E-state index in [9.17, 15) is 0 Å². The van der Waals surface area contributed by atoms with Crippen LogP contribution in [0, 0.1) is 0 Å². The van der Waals surface area contributed by atoms with Crippen LogP contribution in [0.5, 0.6) is 5.75 Å². The zero-order valence-electron chi connectivity index (χ0n) is 12.0. The van der Waals surface area contributed by atoms with E-state index in [4.69, 9.17) is 4.74 Å². The Morgan fingerprint density at radius 2 is 1.43 bits per heavy atom. The second-order valence-electron chi connectivity index (χ2n) is 4.49. The summed E-state index contributed by atoms with van der Waals surface area (Å²) < 4.78 is 5.16. The number of benzene rings is 2. The molecule has 0 fully saturated rings. The number of methoxy groups -OCH3 is 1. The van der Waals surface area contributed by atoms with Crippen LogP contribution in [-0.4, -0.2) is 12.1 Å². The minimum Gasteiger partial charge on any atom is -0.495 e. The van der Waals surface area contributed by atoms with Crippen molar-refractivity contribution >= 4 is 0 Å². The summed E-state index contributed by atoms with van der Waals surface area (Å²) in [7, 11) is 1.65. The first-order chi connectivity index (χ1) is 9.88. The fourth-order valence-electron chi connectivity index (χ4n) is 2.24. The maximum Gasteiger partial charge on any atom is 0.137 e. The van der Waals surface area contributed by atoms with E-state index in [2.05, 4.69) is 35.3 Å². The largest absolute Gasteiger partial charge is 0.495 e. The van der Waals surface area contributed by atoms with E-state index in [-0.39, 0.29) is 6.15 Å². The average molecular weight is 278 g/mol. The molecule has 3 rings (SSSR count). The molecule has 0 saturated heterocycles. The van der Waals surface area contributed by atoms with Crippen LogP contribution in [0.2, 0.25) is 0 Å². The predicted octanol–water partition coefficient (Wildman–Crippen LogP) is 4.59. The van der Waals surface area contributed by atoms with Gasteiger partial charge in [-0.3, -0.25) is 4.98 Å². The van der Waals surface area contributed by atoms with Gasteiger partial charge in [-0.25, -0.2) is 0 Å². The smallest absolute Gasteiger partial charge is 0.137 e. The molecule has 0 saturated carbocycles. The zero-order valence-corrected chi connectivity index (χ0v) is 12.0. The van der Waals surface area contributed by atoms with Crippen molar-refractivity contribution in [1.82, 2.24) is 11.1 Å². The fourth-order valence-corrected chi connectivity index (χ4v) is 2.24. The molecule has 21 heavy (non-hydrogen) atoms. The Bertz CT molecular complexity index is 694. The van der Waals surface area contributed by atoms with Gasteiger partial charge < -0.3 is 10.9 Å². The third-order valence-electron chi connectivity index (χ3n) is 3.26. The average Bonchev–Trinajstić information content (AvgIpc) is 2.56. The van der Waals surface area contributed by atoms with Crippen molar-refractivity contribution in [2.24, 2.45) is 0 Å². The summed E-state index contributed by atoms with van der Waals surface area (Å²) in [4.78, 5) is 4.48. The van der Waals surface area contributed by atoms with Crippen molar-refractivity contribution in [3.8, 4) is 28.1 Å². The van der Waals surface area contributed by atoms with Gasteiger partial charge in [0.25, 0.3) is 0 Å². The van der Waals surface area contributed by atoms with Gasteiger partial charge in [0.15, 0.2) is 0 Å². The highest BCUT2D eigenvalue weighted by Gasteiger charge is 2.07. The normalized spacial score (nSPS) is 9.76. The minimum atomic E-state index is 0. The lowest BCUT2D eigenvalue weighted by atomic mass is 9.97. The van der Waals surface area contributed by atoms with Crippen LogP contribution in [0.25, 0.3) is 22.4 Å². The molecule has 106 valence electrons. The molecular formula is C18H18N2O. The lowest BCUT2D eigenvalue weighted by Crippen LogP contribution is -1.89. The van der Waals surface area contributed by atoms with Gasteiger partial charge in [0.2, 0.25) is 0 Å². The van der Waals surface area contributed by atoms with Crippen molar-refractivity contribution in [3.63, 3.8) is 0 Å². The van der Waals surface area contributed by atoms with E-state index in [0.717, 1.165) is 17.0 Å². The van der Waals surface area contributed by atoms with Crippen molar-refractivity contribution in [2.45, 2.75) is 0 Å². The Hall–Kier alpha value is -2.65. The van der Waals surface area contributed by atoms with Gasteiger partial charge in [0, 0.05) is 5.56 Å². The lowest BCUT2D eigenvalue weighted by Gasteiger charge is -2.09. The van der Waals surface area contributed by atoms with Crippen LogP contribution in [0.4, 0.5) is 0 Å². The van der Waals surface area contributed by atoms with Crippen molar-refractivity contribution in [2.75, 3.05) is 7.11 Å². The molecule has 2 aromatic carbocycles. The summed E-state index contributed by atoms with van der Waals surface area (Å²) in [6, 6.07) is 22.6. The van der Waals surface area contributed by atoms with Gasteiger partial charge in [0.05, 0.1) is 19.0 Å². The highest BCUT2D eigenvalue weighted by atomic mass is 16.5. The minimum absolute atomic E-state index is 0. The summed E-state index contributed by atoms with van der Waals surface area (Å²) >= 11 is 0. The molecule has 0 bridgehead atoms. The Morgan fingerprint density at radius 3 is 2.05 bits per heavy atom. The van der Waals surface area contributed by atoms with E-state index in [1.54, 1.807) is 13.3 Å². The molecule has 0 spiro atoms. The monoisotopic (exact) mass is 278 g/mol. The molecule has 0 atom stereocenters. The lowest BCUT2D eigenvalue weighted by molar-refractivity contribution is 0.413. The van der Waals surface area contributed by atoms with Gasteiger partial charge >= 0.3 is 0 Å². The van der Waals surface area contributed by atoms with Gasteiger partial charge in [0.1, 0.15) is 5.75 Å². The molecule has 0 aliphatic heterocycles. The molecular weight excluding hydrogens is 260 g/mol. The molecule has 1 aromatic heterocycles. The summed E-state index contributed by atoms with van der Waals surface area (Å²) in [5.74, 6) is 0.769. The Morgan fingerprint density at radius 1 is 0.762 bits per heavy atom. The Labute approximate surface area is 124 Å². The molecule has 0 aliphatic rings. The summed E-state index contributed by atoms with van der Waals surface area (Å²) in [6.45, 7) is 0. The molecule has 3 nitrogen and oxygen atoms in total. The molecule has 0 unspecified atom stereocenters. The van der Waals surface area contributed by atoms with Gasteiger partial charge in [-0.1, -0.05) is 54.6 Å². The number of hydrogen-bond acceptors (Lipinski definition) is 3. The third-order valence-corrected chi connectivity index (χ3v) is 3.26. The fraction of sp³-hybridized carbons (Fsp3) is 0.0556. The van der Waals surface area contributed by atoms with Crippen LogP contribution in [-0.2, 0) is 0 Å². The number of ether oxygens (including phenoxy) is 1. The van der Waals surface area contributed by atoms with Crippen LogP contribution in [0.3, 0.4) is 0 Å². The van der Waals surface area contributed by atoms with Gasteiger partial charge in [-0.05, 0) is 23.3 Å². The quantitative estimate of drug-likeness (QED) is 0.762. The number of pyridine rings is 1. The van der Waals surface area contributed by atoms with E-state index < -0.39 is 0 Å². The second kappa shape index (κ2) is 6.68. The highest BCUT2D eigenvalue weighted by Crippen LogP contribution is 2.31. The van der Waals surface area contributed by atoms with E-state index in [1.807, 2.05) is 36.4 Å². The van der Waals surface area contributed by atoms with Gasteiger partial charge in [-0.2, -0.15) is 0 Å². The third kappa shape index (κ3) is 3.09. The number of rotatable bonds is 3. The van der Waals surface area contributed by atoms with E-state index >= 15 is 0 Å². The Kier molecular flexibility index (Phi) is 4.69. The van der Waals surface area contributed by atoms with Crippen LogP contribution < -0.4 is 10.9 Å². The summed E-state index contributed by atoms with van der Waals surface area (Å²) in [5, 5.41) is 0. The molecule has 0 amide bonds.